The van der Waals surface area contributed by atoms with Gasteiger partial charge in [0.2, 0.25) is 0 Å². The molecule has 11 heteroatoms. The smallest absolute Gasteiger partial charge is 0.393 e. The van der Waals surface area contributed by atoms with Gasteiger partial charge in [0.15, 0.2) is 0 Å². The maximum atomic E-state index is 12.4. The lowest BCUT2D eigenvalue weighted by molar-refractivity contribution is -0.315. The molecular formula is C28H48O10S. The summed E-state index contributed by atoms with van der Waals surface area (Å²) in [7, 11) is -4.68. The van der Waals surface area contributed by atoms with Gasteiger partial charge in [0, 0.05) is 30.1 Å². The first-order chi connectivity index (χ1) is 17.7. The van der Waals surface area contributed by atoms with E-state index in [1.54, 1.807) is 13.0 Å². The molecule has 4 saturated carbocycles. The molecule has 0 heterocycles. The molecule has 7 N–H and O–H groups in total. The standard InChI is InChI=1S/C28H48O10S/c1-16(6-7-17(2)26(5,32)15-38-39(35,36)37)19-12-20(30)23-24(19,3)10-9-21-25(4)11-8-18(29)13-28(25,34)22(31)14-27(21,23)33/h6-7,16-23,29-34H,8-15H2,1-5H3,(H,35,36,37)/b7-6+/t16-,17?,18+,19-,20+,21-,22-,23-,24-,25-,26?,27+,28+/m1/s1. The Labute approximate surface area is 232 Å². The molecule has 0 radical (unpaired) electrons. The molecular weight excluding hydrogens is 528 g/mol. The molecule has 226 valence electrons. The Hall–Kier alpha value is -0.630. The lowest BCUT2D eigenvalue weighted by atomic mass is 9.40. The number of aliphatic hydroxyl groups is 6. The van der Waals surface area contributed by atoms with E-state index >= 15 is 0 Å². The SMILES string of the molecule is CC(/C=C/[C@@H](C)[C@H]1C[C@H](O)[C@@H]2[C@]1(C)CC[C@H]1[C@@]2(O)C[C@@H](O)[C@@]2(O)C[C@@H](O)CC[C@]12C)C(C)(O)COS(=O)(=O)O. The van der Waals surface area contributed by atoms with Crippen LogP contribution in [0, 0.1) is 40.4 Å². The summed E-state index contributed by atoms with van der Waals surface area (Å²) in [6.45, 7) is 8.56. The van der Waals surface area contributed by atoms with Gasteiger partial charge in [0.1, 0.15) is 0 Å². The van der Waals surface area contributed by atoms with E-state index in [-0.39, 0.29) is 30.6 Å². The van der Waals surface area contributed by atoms with Gasteiger partial charge in [0.05, 0.1) is 41.7 Å². The van der Waals surface area contributed by atoms with Crippen LogP contribution >= 0.6 is 0 Å². The fourth-order valence-corrected chi connectivity index (χ4v) is 9.70. The Morgan fingerprint density at radius 3 is 2.31 bits per heavy atom. The molecule has 0 bridgehead atoms. The van der Waals surface area contributed by atoms with Crippen LogP contribution in [0.25, 0.3) is 0 Å². The Morgan fingerprint density at radius 1 is 1.05 bits per heavy atom. The summed E-state index contributed by atoms with van der Waals surface area (Å²) in [5.41, 5.74) is -5.68. The Bertz CT molecular complexity index is 1060. The highest BCUT2D eigenvalue weighted by Gasteiger charge is 2.74. The molecule has 13 atom stereocenters. The van der Waals surface area contributed by atoms with E-state index in [1.165, 1.54) is 6.92 Å². The minimum absolute atomic E-state index is 0.0103. The molecule has 39 heavy (non-hydrogen) atoms. The predicted molar refractivity (Wildman–Crippen MR) is 143 cm³/mol. The van der Waals surface area contributed by atoms with Crippen LogP contribution in [0.1, 0.15) is 79.6 Å². The average Bonchev–Trinajstić information content (AvgIpc) is 3.09. The van der Waals surface area contributed by atoms with E-state index in [4.69, 9.17) is 4.55 Å². The fraction of sp³-hybridized carbons (Fsp3) is 0.929. The second kappa shape index (κ2) is 9.98. The zero-order chi connectivity index (χ0) is 29.4. The molecule has 4 aliphatic carbocycles. The molecule has 2 unspecified atom stereocenters. The quantitative estimate of drug-likeness (QED) is 0.173. The second-order valence-corrected chi connectivity index (χ2v) is 15.1. The van der Waals surface area contributed by atoms with Crippen molar-refractivity contribution in [3.8, 4) is 0 Å². The van der Waals surface area contributed by atoms with Gasteiger partial charge in [-0.15, -0.1) is 0 Å². The first-order valence-corrected chi connectivity index (χ1v) is 15.6. The number of allylic oxidation sites excluding steroid dienone is 1. The van der Waals surface area contributed by atoms with Crippen molar-refractivity contribution in [2.24, 2.45) is 40.4 Å². The fourth-order valence-electron chi connectivity index (χ4n) is 9.31. The van der Waals surface area contributed by atoms with Crippen LogP contribution in [-0.2, 0) is 14.6 Å². The van der Waals surface area contributed by atoms with Crippen molar-refractivity contribution in [2.75, 3.05) is 6.61 Å². The summed E-state index contributed by atoms with van der Waals surface area (Å²) in [6, 6.07) is 0. The van der Waals surface area contributed by atoms with Gasteiger partial charge < -0.3 is 30.6 Å². The monoisotopic (exact) mass is 576 g/mol. The highest BCUT2D eigenvalue weighted by Crippen LogP contribution is 2.70. The molecule has 4 aliphatic rings. The van der Waals surface area contributed by atoms with Crippen LogP contribution in [0.5, 0.6) is 0 Å². The van der Waals surface area contributed by atoms with E-state index in [0.717, 1.165) is 6.42 Å². The van der Waals surface area contributed by atoms with Gasteiger partial charge in [-0.1, -0.05) is 39.8 Å². The number of aliphatic hydroxyl groups excluding tert-OH is 3. The number of fused-ring (bicyclic) bond motifs is 5. The first-order valence-electron chi connectivity index (χ1n) is 14.2. The minimum Gasteiger partial charge on any atom is -0.393 e. The van der Waals surface area contributed by atoms with Crippen molar-refractivity contribution in [1.82, 2.24) is 0 Å². The predicted octanol–water partition coefficient (Wildman–Crippen LogP) is 1.58. The van der Waals surface area contributed by atoms with Crippen molar-refractivity contribution in [2.45, 2.75) is 115 Å². The van der Waals surface area contributed by atoms with Gasteiger partial charge in [-0.2, -0.15) is 8.42 Å². The van der Waals surface area contributed by atoms with Crippen LogP contribution in [0.3, 0.4) is 0 Å². The van der Waals surface area contributed by atoms with Crippen LogP contribution in [0.4, 0.5) is 0 Å². The highest BCUT2D eigenvalue weighted by molar-refractivity contribution is 7.80. The molecule has 0 aliphatic heterocycles. The van der Waals surface area contributed by atoms with Crippen LogP contribution in [-0.4, -0.2) is 85.3 Å². The van der Waals surface area contributed by atoms with Crippen molar-refractivity contribution in [3.63, 3.8) is 0 Å². The molecule has 4 fully saturated rings. The molecule has 10 nitrogen and oxygen atoms in total. The maximum Gasteiger partial charge on any atom is 0.397 e. The Kier molecular flexibility index (Phi) is 8.01. The lowest BCUT2D eigenvalue weighted by Gasteiger charge is -2.68. The summed E-state index contributed by atoms with van der Waals surface area (Å²) in [6.07, 6.45) is 3.78. The molecule has 0 amide bonds. The molecule has 0 aromatic carbocycles. The lowest BCUT2D eigenvalue weighted by Crippen LogP contribution is -2.75. The largest absolute Gasteiger partial charge is 0.397 e. The summed E-state index contributed by atoms with van der Waals surface area (Å²) in [5.74, 6) is -1.41. The van der Waals surface area contributed by atoms with E-state index in [0.29, 0.717) is 25.7 Å². The number of rotatable bonds is 7. The topological polar surface area (TPSA) is 185 Å². The summed E-state index contributed by atoms with van der Waals surface area (Å²) < 4.78 is 35.1. The average molecular weight is 577 g/mol. The van der Waals surface area contributed by atoms with Crippen molar-refractivity contribution < 1.29 is 47.8 Å². The van der Waals surface area contributed by atoms with Crippen molar-refractivity contribution in [1.29, 1.82) is 0 Å². The summed E-state index contributed by atoms with van der Waals surface area (Å²) >= 11 is 0. The van der Waals surface area contributed by atoms with Gasteiger partial charge in [0.25, 0.3) is 0 Å². The van der Waals surface area contributed by atoms with Crippen molar-refractivity contribution in [3.05, 3.63) is 12.2 Å². The van der Waals surface area contributed by atoms with Gasteiger partial charge in [-0.05, 0) is 62.2 Å². The third kappa shape index (κ3) is 5.03. The Morgan fingerprint density at radius 2 is 1.69 bits per heavy atom. The first kappa shape index (κ1) is 31.3. The molecule has 0 aromatic rings. The zero-order valence-corrected chi connectivity index (χ0v) is 24.5. The van der Waals surface area contributed by atoms with Gasteiger partial charge in [-0.25, -0.2) is 4.18 Å². The minimum atomic E-state index is -4.68. The Balaban J connectivity index is 1.57. The third-order valence-electron chi connectivity index (χ3n) is 11.7. The molecule has 0 aromatic heterocycles. The number of hydrogen-bond donors (Lipinski definition) is 7. The second-order valence-electron chi connectivity index (χ2n) is 14.0. The molecule has 0 saturated heterocycles. The van der Waals surface area contributed by atoms with Crippen LogP contribution in [0.15, 0.2) is 12.2 Å². The van der Waals surface area contributed by atoms with E-state index < -0.39 is 74.8 Å². The van der Waals surface area contributed by atoms with E-state index in [9.17, 15) is 39.1 Å². The van der Waals surface area contributed by atoms with E-state index in [2.05, 4.69) is 11.1 Å². The number of hydrogen-bond acceptors (Lipinski definition) is 9. The zero-order valence-electron chi connectivity index (χ0n) is 23.7. The maximum absolute atomic E-state index is 12.4. The van der Waals surface area contributed by atoms with Crippen LogP contribution < -0.4 is 0 Å². The summed E-state index contributed by atoms with van der Waals surface area (Å²) in [4.78, 5) is 0. The molecule has 0 spiro atoms. The normalized spacial score (nSPS) is 49.5. The molecule has 4 rings (SSSR count). The van der Waals surface area contributed by atoms with Crippen molar-refractivity contribution >= 4 is 10.4 Å². The van der Waals surface area contributed by atoms with Gasteiger partial charge >= 0.3 is 10.4 Å². The van der Waals surface area contributed by atoms with Crippen LogP contribution in [0.2, 0.25) is 0 Å². The third-order valence-corrected chi connectivity index (χ3v) is 12.2. The highest BCUT2D eigenvalue weighted by atomic mass is 32.3. The summed E-state index contributed by atoms with van der Waals surface area (Å²) in [5, 5.41) is 67.7. The van der Waals surface area contributed by atoms with Gasteiger partial charge in [-0.3, -0.25) is 4.55 Å². The van der Waals surface area contributed by atoms with E-state index in [1.807, 2.05) is 19.9 Å².